The van der Waals surface area contributed by atoms with Crippen molar-refractivity contribution < 1.29 is 19.5 Å². The van der Waals surface area contributed by atoms with Gasteiger partial charge in [-0.15, -0.1) is 11.8 Å². The van der Waals surface area contributed by atoms with E-state index in [-0.39, 0.29) is 5.75 Å². The molecule has 1 rings (SSSR count). The van der Waals surface area contributed by atoms with Crippen LogP contribution in [-0.2, 0) is 14.4 Å². The number of thioether (sulfide) groups is 1. The summed E-state index contributed by atoms with van der Waals surface area (Å²) in [6, 6.07) is 4.91. The highest BCUT2D eigenvalue weighted by Crippen LogP contribution is 2.29. The second kappa shape index (κ2) is 7.48. The molecule has 98 valence electrons. The Labute approximate surface area is 117 Å². The van der Waals surface area contributed by atoms with Gasteiger partial charge in [-0.05, 0) is 18.2 Å². The molecule has 0 spiro atoms. The molecular formula is C10H9Cl2NO4S. The summed E-state index contributed by atoms with van der Waals surface area (Å²) in [7, 11) is 0. The van der Waals surface area contributed by atoms with Crippen LogP contribution in [0.25, 0.3) is 0 Å². The van der Waals surface area contributed by atoms with Crippen LogP contribution >= 0.6 is 35.0 Å². The number of hydrogen-bond acceptors (Lipinski definition) is 4. The summed E-state index contributed by atoms with van der Waals surface area (Å²) >= 11 is 12.9. The number of benzene rings is 1. The van der Waals surface area contributed by atoms with Crippen molar-refractivity contribution >= 4 is 46.8 Å². The SMILES string of the molecule is O=C(O)CONC(=O)CSc1cc(Cl)ccc1Cl. The molecule has 18 heavy (non-hydrogen) atoms. The van der Waals surface area contributed by atoms with Crippen LogP contribution in [0.2, 0.25) is 10.0 Å². The van der Waals surface area contributed by atoms with Crippen molar-refractivity contribution in [2.24, 2.45) is 0 Å². The normalized spacial score (nSPS) is 10.1. The topological polar surface area (TPSA) is 75.6 Å². The van der Waals surface area contributed by atoms with Crippen LogP contribution in [0.3, 0.4) is 0 Å². The summed E-state index contributed by atoms with van der Waals surface area (Å²) in [6.45, 7) is -0.589. The van der Waals surface area contributed by atoms with Crippen LogP contribution in [0.15, 0.2) is 23.1 Å². The predicted octanol–water partition coefficient (Wildman–Crippen LogP) is 2.22. The van der Waals surface area contributed by atoms with Crippen molar-refractivity contribution in [1.82, 2.24) is 5.48 Å². The number of hydroxylamine groups is 1. The fourth-order valence-electron chi connectivity index (χ4n) is 0.939. The summed E-state index contributed by atoms with van der Waals surface area (Å²) in [5, 5.41) is 9.30. The van der Waals surface area contributed by atoms with Crippen LogP contribution in [-0.4, -0.2) is 29.3 Å². The minimum atomic E-state index is -1.17. The molecule has 0 unspecified atom stereocenters. The third kappa shape index (κ3) is 5.59. The molecule has 0 saturated heterocycles. The Morgan fingerprint density at radius 1 is 1.39 bits per heavy atom. The van der Waals surface area contributed by atoms with Crippen LogP contribution < -0.4 is 5.48 Å². The van der Waals surface area contributed by atoms with Gasteiger partial charge in [0.15, 0.2) is 6.61 Å². The van der Waals surface area contributed by atoms with Crippen molar-refractivity contribution in [1.29, 1.82) is 0 Å². The van der Waals surface area contributed by atoms with Crippen molar-refractivity contribution in [2.75, 3.05) is 12.4 Å². The Kier molecular flexibility index (Phi) is 6.28. The minimum absolute atomic E-state index is 0.0414. The molecule has 1 amide bonds. The monoisotopic (exact) mass is 309 g/mol. The molecule has 0 fully saturated rings. The number of carbonyl (C=O) groups excluding carboxylic acids is 1. The lowest BCUT2D eigenvalue weighted by molar-refractivity contribution is -0.148. The molecule has 0 atom stereocenters. The number of carboxylic acids is 1. The van der Waals surface area contributed by atoms with Gasteiger partial charge in [-0.2, -0.15) is 0 Å². The molecule has 0 aliphatic rings. The highest BCUT2D eigenvalue weighted by Gasteiger charge is 2.07. The Morgan fingerprint density at radius 3 is 2.78 bits per heavy atom. The van der Waals surface area contributed by atoms with Gasteiger partial charge in [0.05, 0.1) is 10.8 Å². The van der Waals surface area contributed by atoms with Crippen molar-refractivity contribution in [3.05, 3.63) is 28.2 Å². The molecular weight excluding hydrogens is 301 g/mol. The summed E-state index contributed by atoms with van der Waals surface area (Å²) in [5.74, 6) is -1.59. The zero-order valence-electron chi connectivity index (χ0n) is 8.98. The Balaban J connectivity index is 2.38. The molecule has 0 aliphatic heterocycles. The number of rotatable bonds is 6. The Morgan fingerprint density at radius 2 is 2.11 bits per heavy atom. The average Bonchev–Trinajstić information content (AvgIpc) is 2.30. The van der Waals surface area contributed by atoms with Gasteiger partial charge in [-0.1, -0.05) is 23.2 Å². The summed E-state index contributed by atoms with van der Waals surface area (Å²) in [6.07, 6.45) is 0. The highest BCUT2D eigenvalue weighted by molar-refractivity contribution is 8.00. The van der Waals surface area contributed by atoms with E-state index in [1.54, 1.807) is 18.2 Å². The first-order valence-electron chi connectivity index (χ1n) is 4.69. The lowest BCUT2D eigenvalue weighted by Gasteiger charge is -2.05. The summed E-state index contributed by atoms with van der Waals surface area (Å²) in [5.41, 5.74) is 2.00. The zero-order valence-corrected chi connectivity index (χ0v) is 11.3. The maximum atomic E-state index is 11.3. The third-order valence-corrected chi connectivity index (χ3v) is 3.37. The Bertz CT molecular complexity index is 456. The number of aliphatic carboxylic acids is 1. The van der Waals surface area contributed by atoms with Gasteiger partial charge >= 0.3 is 5.97 Å². The largest absolute Gasteiger partial charge is 0.479 e. The fourth-order valence-corrected chi connectivity index (χ4v) is 2.22. The second-order valence-electron chi connectivity index (χ2n) is 3.07. The van der Waals surface area contributed by atoms with Crippen LogP contribution in [0.5, 0.6) is 0 Å². The lowest BCUT2D eigenvalue weighted by Crippen LogP contribution is -2.28. The van der Waals surface area contributed by atoms with E-state index in [1.165, 1.54) is 11.8 Å². The number of carbonyl (C=O) groups is 2. The summed E-state index contributed by atoms with van der Waals surface area (Å²) in [4.78, 5) is 26.5. The lowest BCUT2D eigenvalue weighted by atomic mass is 10.4. The number of hydrogen-bond donors (Lipinski definition) is 2. The van der Waals surface area contributed by atoms with E-state index < -0.39 is 18.5 Å². The van der Waals surface area contributed by atoms with Gasteiger partial charge in [-0.25, -0.2) is 10.3 Å². The van der Waals surface area contributed by atoms with E-state index in [1.807, 2.05) is 5.48 Å². The molecule has 5 nitrogen and oxygen atoms in total. The van der Waals surface area contributed by atoms with Crippen LogP contribution in [0.1, 0.15) is 0 Å². The maximum Gasteiger partial charge on any atom is 0.332 e. The first-order valence-corrected chi connectivity index (χ1v) is 6.43. The van der Waals surface area contributed by atoms with Crippen molar-refractivity contribution in [3.8, 4) is 0 Å². The molecule has 0 radical (unpaired) electrons. The molecule has 1 aromatic carbocycles. The molecule has 0 heterocycles. The quantitative estimate of drug-likeness (QED) is 0.622. The highest BCUT2D eigenvalue weighted by atomic mass is 35.5. The standard InChI is InChI=1S/C10H9Cl2NO4S/c11-6-1-2-7(12)8(3-6)18-5-9(14)13-17-4-10(15)16/h1-3H,4-5H2,(H,13,14)(H,15,16). The summed E-state index contributed by atoms with van der Waals surface area (Å²) < 4.78 is 0. The smallest absolute Gasteiger partial charge is 0.332 e. The van der Waals surface area contributed by atoms with E-state index in [9.17, 15) is 9.59 Å². The number of halogens is 2. The van der Waals surface area contributed by atoms with Crippen LogP contribution in [0.4, 0.5) is 0 Å². The van der Waals surface area contributed by atoms with Gasteiger partial charge in [0, 0.05) is 9.92 Å². The minimum Gasteiger partial charge on any atom is -0.479 e. The molecule has 1 aromatic rings. The first kappa shape index (κ1) is 15.1. The maximum absolute atomic E-state index is 11.3. The first-order chi connectivity index (χ1) is 8.49. The predicted molar refractivity (Wildman–Crippen MR) is 68.9 cm³/mol. The van der Waals surface area contributed by atoms with E-state index in [0.29, 0.717) is 14.9 Å². The van der Waals surface area contributed by atoms with E-state index in [4.69, 9.17) is 28.3 Å². The molecule has 0 saturated carbocycles. The van der Waals surface area contributed by atoms with Crippen molar-refractivity contribution in [3.63, 3.8) is 0 Å². The van der Waals surface area contributed by atoms with E-state index in [2.05, 4.69) is 4.84 Å². The molecule has 8 heteroatoms. The number of amides is 1. The molecule has 0 bridgehead atoms. The van der Waals surface area contributed by atoms with Gasteiger partial charge in [0.2, 0.25) is 0 Å². The van der Waals surface area contributed by atoms with Gasteiger partial charge in [-0.3, -0.25) is 9.63 Å². The third-order valence-electron chi connectivity index (χ3n) is 1.63. The van der Waals surface area contributed by atoms with Gasteiger partial charge in [0.25, 0.3) is 5.91 Å². The van der Waals surface area contributed by atoms with E-state index in [0.717, 1.165) is 0 Å². The average molecular weight is 310 g/mol. The fraction of sp³-hybridized carbons (Fsp3) is 0.200. The number of carboxylic acid groups (broad SMARTS) is 1. The second-order valence-corrected chi connectivity index (χ2v) is 4.93. The zero-order chi connectivity index (χ0) is 13.5. The Hall–Kier alpha value is -0.950. The van der Waals surface area contributed by atoms with E-state index >= 15 is 0 Å². The van der Waals surface area contributed by atoms with Gasteiger partial charge < -0.3 is 5.11 Å². The number of nitrogens with one attached hydrogen (secondary N) is 1. The molecule has 0 aromatic heterocycles. The van der Waals surface area contributed by atoms with Crippen molar-refractivity contribution in [2.45, 2.75) is 4.90 Å². The molecule has 2 N–H and O–H groups in total. The van der Waals surface area contributed by atoms with Gasteiger partial charge in [0.1, 0.15) is 0 Å². The van der Waals surface area contributed by atoms with Crippen LogP contribution in [0, 0.1) is 0 Å². The molecule has 0 aliphatic carbocycles.